The van der Waals surface area contributed by atoms with Crippen molar-refractivity contribution in [2.75, 3.05) is 0 Å². The van der Waals surface area contributed by atoms with Crippen molar-refractivity contribution < 1.29 is 14.8 Å². The average Bonchev–Trinajstić information content (AvgIpc) is 3.00. The molecule has 0 fully saturated rings. The Morgan fingerprint density at radius 1 is 1.17 bits per heavy atom. The fourth-order valence-electron chi connectivity index (χ4n) is 2.47. The van der Waals surface area contributed by atoms with E-state index < -0.39 is 11.0 Å². The van der Waals surface area contributed by atoms with Crippen LogP contribution >= 0.6 is 0 Å². The molecule has 1 aromatic heterocycles. The zero-order valence-corrected chi connectivity index (χ0v) is 12.5. The van der Waals surface area contributed by atoms with Gasteiger partial charge in [0.2, 0.25) is 0 Å². The number of nitro groups is 1. The minimum atomic E-state index is -1.18. The number of carbonyl (C=O) groups is 1. The highest BCUT2D eigenvalue weighted by Crippen LogP contribution is 2.25. The number of nitro benzene ring substituents is 1. The van der Waals surface area contributed by atoms with E-state index in [9.17, 15) is 14.9 Å². The molecule has 0 amide bonds. The molecule has 3 aromatic rings. The second kappa shape index (κ2) is 6.33. The van der Waals surface area contributed by atoms with Gasteiger partial charge in [-0.3, -0.25) is 10.1 Å². The Labute approximate surface area is 136 Å². The molecule has 0 aliphatic carbocycles. The number of rotatable bonds is 4. The van der Waals surface area contributed by atoms with E-state index in [0.717, 1.165) is 10.2 Å². The van der Waals surface area contributed by atoms with Crippen LogP contribution in [0.25, 0.3) is 11.1 Å². The van der Waals surface area contributed by atoms with Crippen LogP contribution in [-0.4, -0.2) is 25.9 Å². The molecule has 0 bridgehead atoms. The summed E-state index contributed by atoms with van der Waals surface area (Å²) in [4.78, 5) is 21.6. The zero-order valence-electron chi connectivity index (χ0n) is 12.5. The molecule has 120 valence electrons. The number of non-ortho nitro benzene ring substituents is 1. The number of carboxylic acid groups (broad SMARTS) is 1. The largest absolute Gasteiger partial charge is 0.463 e. The quantitative estimate of drug-likeness (QED) is 0.584. The highest BCUT2D eigenvalue weighted by molar-refractivity contribution is 5.72. The maximum absolute atomic E-state index is 11.2. The fourth-order valence-corrected chi connectivity index (χ4v) is 2.47. The van der Waals surface area contributed by atoms with Crippen molar-refractivity contribution in [1.29, 1.82) is 0 Å². The number of aromatic nitrogens is 2. The molecule has 1 N–H and O–H groups in total. The van der Waals surface area contributed by atoms with Gasteiger partial charge in [0.05, 0.1) is 10.6 Å². The summed E-state index contributed by atoms with van der Waals surface area (Å²) < 4.78 is 0.856. The summed E-state index contributed by atoms with van der Waals surface area (Å²) in [5.74, 6) is 0. The van der Waals surface area contributed by atoms with Gasteiger partial charge in [-0.25, -0.2) is 4.79 Å². The van der Waals surface area contributed by atoms with E-state index in [4.69, 9.17) is 5.11 Å². The van der Waals surface area contributed by atoms with Gasteiger partial charge >= 0.3 is 6.09 Å². The molecule has 2 aromatic carbocycles. The number of hydrogen-bond donors (Lipinski definition) is 1. The van der Waals surface area contributed by atoms with Crippen molar-refractivity contribution in [3.05, 3.63) is 82.2 Å². The fraction of sp³-hybridized carbons (Fsp3) is 0.0588. The van der Waals surface area contributed by atoms with Gasteiger partial charge in [-0.05, 0) is 11.1 Å². The monoisotopic (exact) mass is 323 g/mol. The number of benzene rings is 2. The summed E-state index contributed by atoms with van der Waals surface area (Å²) in [6.07, 6.45) is 0.564. The van der Waals surface area contributed by atoms with Crippen LogP contribution in [0.3, 0.4) is 0 Å². The van der Waals surface area contributed by atoms with Gasteiger partial charge in [0.15, 0.2) is 0 Å². The first-order valence-corrected chi connectivity index (χ1v) is 7.15. The molecule has 0 spiro atoms. The SMILES string of the molecule is O=C(O)n1cc(-c2ccccc2)c(Cc2cccc([N+](=O)[O-])c2)n1. The van der Waals surface area contributed by atoms with Crippen molar-refractivity contribution in [2.45, 2.75) is 6.42 Å². The maximum Gasteiger partial charge on any atom is 0.432 e. The van der Waals surface area contributed by atoms with E-state index in [1.165, 1.54) is 18.3 Å². The van der Waals surface area contributed by atoms with Crippen molar-refractivity contribution in [3.8, 4) is 11.1 Å². The molecule has 24 heavy (non-hydrogen) atoms. The minimum absolute atomic E-state index is 0.00794. The third-order valence-electron chi connectivity index (χ3n) is 3.56. The second-order valence-corrected chi connectivity index (χ2v) is 5.19. The van der Waals surface area contributed by atoms with Crippen LogP contribution < -0.4 is 0 Å². The molecule has 0 saturated heterocycles. The van der Waals surface area contributed by atoms with Crippen LogP contribution in [0.4, 0.5) is 10.5 Å². The van der Waals surface area contributed by atoms with Gasteiger partial charge in [0.25, 0.3) is 5.69 Å². The third-order valence-corrected chi connectivity index (χ3v) is 3.56. The molecule has 0 aliphatic heterocycles. The molecular weight excluding hydrogens is 310 g/mol. The summed E-state index contributed by atoms with van der Waals surface area (Å²) >= 11 is 0. The number of nitrogens with zero attached hydrogens (tertiary/aromatic N) is 3. The van der Waals surface area contributed by atoms with Gasteiger partial charge in [0.1, 0.15) is 0 Å². The highest BCUT2D eigenvalue weighted by atomic mass is 16.6. The van der Waals surface area contributed by atoms with Crippen molar-refractivity contribution in [2.24, 2.45) is 0 Å². The Hall–Kier alpha value is -3.48. The Balaban J connectivity index is 2.02. The summed E-state index contributed by atoms with van der Waals surface area (Å²) in [5, 5.41) is 24.2. The standard InChI is InChI=1S/C17H13N3O4/c21-17(22)19-11-15(13-6-2-1-3-7-13)16(18-19)10-12-5-4-8-14(9-12)20(23)24/h1-9,11H,10H2,(H,21,22). The lowest BCUT2D eigenvalue weighted by Crippen LogP contribution is -2.08. The van der Waals surface area contributed by atoms with E-state index in [1.54, 1.807) is 12.1 Å². The third kappa shape index (κ3) is 3.14. The van der Waals surface area contributed by atoms with Gasteiger partial charge in [-0.15, -0.1) is 0 Å². The normalized spacial score (nSPS) is 10.5. The summed E-state index contributed by atoms with van der Waals surface area (Å²) in [6.45, 7) is 0. The minimum Gasteiger partial charge on any atom is -0.463 e. The molecule has 0 unspecified atom stereocenters. The van der Waals surface area contributed by atoms with Crippen LogP contribution in [-0.2, 0) is 6.42 Å². The molecule has 0 atom stereocenters. The van der Waals surface area contributed by atoms with Crippen LogP contribution in [0.1, 0.15) is 11.3 Å². The lowest BCUT2D eigenvalue weighted by atomic mass is 10.0. The Morgan fingerprint density at radius 2 is 1.92 bits per heavy atom. The van der Waals surface area contributed by atoms with Crippen molar-refractivity contribution in [1.82, 2.24) is 9.78 Å². The van der Waals surface area contributed by atoms with E-state index in [2.05, 4.69) is 5.10 Å². The predicted molar refractivity (Wildman–Crippen MR) is 87.0 cm³/mol. The highest BCUT2D eigenvalue weighted by Gasteiger charge is 2.15. The first-order chi connectivity index (χ1) is 11.5. The maximum atomic E-state index is 11.2. The van der Waals surface area contributed by atoms with E-state index in [1.807, 2.05) is 30.3 Å². The average molecular weight is 323 g/mol. The molecule has 7 nitrogen and oxygen atoms in total. The lowest BCUT2D eigenvalue weighted by molar-refractivity contribution is -0.384. The van der Waals surface area contributed by atoms with Gasteiger partial charge in [-0.1, -0.05) is 42.5 Å². The van der Waals surface area contributed by atoms with Crippen LogP contribution in [0.2, 0.25) is 0 Å². The predicted octanol–water partition coefficient (Wildman–Crippen LogP) is 3.58. The van der Waals surface area contributed by atoms with Gasteiger partial charge in [-0.2, -0.15) is 9.78 Å². The molecule has 0 aliphatic rings. The Bertz CT molecular complexity index is 903. The molecule has 0 radical (unpaired) electrons. The van der Waals surface area contributed by atoms with E-state index in [0.29, 0.717) is 23.2 Å². The molecule has 3 rings (SSSR count). The zero-order chi connectivity index (χ0) is 17.1. The molecular formula is C17H13N3O4. The van der Waals surface area contributed by atoms with Crippen LogP contribution in [0, 0.1) is 10.1 Å². The van der Waals surface area contributed by atoms with Crippen molar-refractivity contribution in [3.63, 3.8) is 0 Å². The molecule has 1 heterocycles. The molecule has 0 saturated carbocycles. The first-order valence-electron chi connectivity index (χ1n) is 7.15. The Morgan fingerprint density at radius 3 is 2.58 bits per heavy atom. The summed E-state index contributed by atoms with van der Waals surface area (Å²) in [6, 6.07) is 15.5. The van der Waals surface area contributed by atoms with Gasteiger partial charge < -0.3 is 5.11 Å². The number of hydrogen-bond acceptors (Lipinski definition) is 4. The van der Waals surface area contributed by atoms with E-state index >= 15 is 0 Å². The van der Waals surface area contributed by atoms with Gasteiger partial charge in [0, 0.05) is 30.3 Å². The lowest BCUT2D eigenvalue weighted by Gasteiger charge is -2.03. The smallest absolute Gasteiger partial charge is 0.432 e. The topological polar surface area (TPSA) is 98.3 Å². The van der Waals surface area contributed by atoms with E-state index in [-0.39, 0.29) is 5.69 Å². The van der Waals surface area contributed by atoms with Crippen LogP contribution in [0.5, 0.6) is 0 Å². The second-order valence-electron chi connectivity index (χ2n) is 5.19. The van der Waals surface area contributed by atoms with Crippen molar-refractivity contribution >= 4 is 11.8 Å². The summed E-state index contributed by atoms with van der Waals surface area (Å²) in [7, 11) is 0. The molecule has 7 heteroatoms. The summed E-state index contributed by atoms with van der Waals surface area (Å²) in [5.41, 5.74) is 2.75. The first kappa shape index (κ1) is 15.4. The Kier molecular flexibility index (Phi) is 4.07. The van der Waals surface area contributed by atoms with Crippen LogP contribution in [0.15, 0.2) is 60.8 Å².